The number of likely N-dealkylation sites (tertiary alicyclic amines) is 1. The number of aryl methyl sites for hydroxylation is 1. The van der Waals surface area contributed by atoms with Gasteiger partial charge in [-0.3, -0.25) is 9.48 Å². The van der Waals surface area contributed by atoms with Gasteiger partial charge in [-0.25, -0.2) is 4.98 Å². The Labute approximate surface area is 147 Å². The van der Waals surface area contributed by atoms with Crippen LogP contribution in [0.5, 0.6) is 0 Å². The summed E-state index contributed by atoms with van der Waals surface area (Å²) in [7, 11) is 0. The van der Waals surface area contributed by atoms with Gasteiger partial charge in [0.1, 0.15) is 12.4 Å². The smallest absolute Gasteiger partial charge is 0.244 e. The first-order valence-electron chi connectivity index (χ1n) is 8.87. The highest BCUT2D eigenvalue weighted by Gasteiger charge is 2.24. The van der Waals surface area contributed by atoms with E-state index in [2.05, 4.69) is 14.6 Å². The maximum Gasteiger partial charge on any atom is 0.244 e. The van der Waals surface area contributed by atoms with E-state index in [0.717, 1.165) is 49.2 Å². The lowest BCUT2D eigenvalue weighted by atomic mass is 9.98. The molecular formula is C19H23N5O. The molecule has 1 amide bonds. The minimum Gasteiger partial charge on any atom is -0.341 e. The summed E-state index contributed by atoms with van der Waals surface area (Å²) >= 11 is 0. The quantitative estimate of drug-likeness (QED) is 0.735. The summed E-state index contributed by atoms with van der Waals surface area (Å²) in [5.41, 5.74) is 0.933. The van der Waals surface area contributed by atoms with Gasteiger partial charge >= 0.3 is 0 Å². The maximum atomic E-state index is 12.7. The molecule has 0 radical (unpaired) electrons. The first kappa shape index (κ1) is 15.9. The van der Waals surface area contributed by atoms with Crippen LogP contribution in [0.1, 0.15) is 18.7 Å². The number of hydrogen-bond donors (Lipinski definition) is 0. The SMILES string of the molecule is Cc1nccn1CC1CCCN(C(=O)Cn2cc3ccccc3n2)C1. The van der Waals surface area contributed by atoms with Crippen LogP contribution in [0.25, 0.3) is 10.9 Å². The van der Waals surface area contributed by atoms with Crippen molar-refractivity contribution in [1.82, 2.24) is 24.2 Å². The van der Waals surface area contributed by atoms with Crippen molar-refractivity contribution in [2.45, 2.75) is 32.9 Å². The predicted molar refractivity (Wildman–Crippen MR) is 96.0 cm³/mol. The Morgan fingerprint density at radius 1 is 1.32 bits per heavy atom. The fourth-order valence-electron chi connectivity index (χ4n) is 3.65. The number of carbonyl (C=O) groups excluding carboxylic acids is 1. The number of amides is 1. The van der Waals surface area contributed by atoms with Crippen molar-refractivity contribution in [2.75, 3.05) is 13.1 Å². The van der Waals surface area contributed by atoms with Crippen LogP contribution in [0.4, 0.5) is 0 Å². The summed E-state index contributed by atoms with van der Waals surface area (Å²) in [4.78, 5) is 19.0. The summed E-state index contributed by atoms with van der Waals surface area (Å²) in [6.45, 7) is 4.93. The predicted octanol–water partition coefficient (Wildman–Crippen LogP) is 2.48. The van der Waals surface area contributed by atoms with Gasteiger partial charge in [0.25, 0.3) is 0 Å². The Bertz CT molecular complexity index is 848. The van der Waals surface area contributed by atoms with Crippen LogP contribution in [-0.2, 0) is 17.9 Å². The average molecular weight is 337 g/mol. The zero-order valence-electron chi connectivity index (χ0n) is 14.5. The summed E-state index contributed by atoms with van der Waals surface area (Å²) in [5.74, 6) is 1.67. The Morgan fingerprint density at radius 2 is 2.20 bits per heavy atom. The fraction of sp³-hybridized carbons (Fsp3) is 0.421. The molecule has 1 saturated heterocycles. The summed E-state index contributed by atoms with van der Waals surface area (Å²) in [5, 5.41) is 5.57. The first-order chi connectivity index (χ1) is 12.2. The molecule has 3 heterocycles. The second kappa shape index (κ2) is 6.70. The minimum absolute atomic E-state index is 0.153. The van der Waals surface area contributed by atoms with Crippen molar-refractivity contribution in [2.24, 2.45) is 5.92 Å². The molecule has 0 bridgehead atoms. The number of hydrogen-bond acceptors (Lipinski definition) is 3. The van der Waals surface area contributed by atoms with Gasteiger partial charge in [-0.1, -0.05) is 18.2 Å². The Morgan fingerprint density at radius 3 is 3.00 bits per heavy atom. The standard InChI is InChI=1S/C19H23N5O/c1-15-20-8-10-22(15)11-16-5-4-9-23(12-16)19(25)14-24-13-17-6-2-3-7-18(17)21-24/h2-3,6-8,10,13,16H,4-5,9,11-12,14H2,1H3. The normalized spacial score (nSPS) is 18.0. The van der Waals surface area contributed by atoms with Gasteiger partial charge in [0.2, 0.25) is 5.91 Å². The van der Waals surface area contributed by atoms with Gasteiger partial charge in [0.05, 0.1) is 5.52 Å². The van der Waals surface area contributed by atoms with Crippen LogP contribution in [-0.4, -0.2) is 43.2 Å². The van der Waals surface area contributed by atoms with Gasteiger partial charge in [0.15, 0.2) is 0 Å². The fourth-order valence-corrected chi connectivity index (χ4v) is 3.65. The van der Waals surface area contributed by atoms with E-state index < -0.39 is 0 Å². The van der Waals surface area contributed by atoms with E-state index in [1.165, 1.54) is 0 Å². The third-order valence-corrected chi connectivity index (χ3v) is 5.01. The molecule has 130 valence electrons. The van der Waals surface area contributed by atoms with Crippen LogP contribution in [0.15, 0.2) is 42.9 Å². The van der Waals surface area contributed by atoms with Crippen molar-refractivity contribution in [3.63, 3.8) is 0 Å². The summed E-state index contributed by atoms with van der Waals surface area (Å²) < 4.78 is 3.94. The first-order valence-corrected chi connectivity index (χ1v) is 8.87. The van der Waals surface area contributed by atoms with Crippen LogP contribution in [0.2, 0.25) is 0 Å². The number of imidazole rings is 1. The van der Waals surface area contributed by atoms with Crippen molar-refractivity contribution in [3.05, 3.63) is 48.7 Å². The minimum atomic E-state index is 0.153. The van der Waals surface area contributed by atoms with Crippen LogP contribution in [0.3, 0.4) is 0 Å². The highest BCUT2D eigenvalue weighted by molar-refractivity contribution is 5.79. The van der Waals surface area contributed by atoms with E-state index in [1.807, 2.05) is 54.7 Å². The number of carbonyl (C=O) groups is 1. The van der Waals surface area contributed by atoms with Crippen molar-refractivity contribution in [3.8, 4) is 0 Å². The lowest BCUT2D eigenvalue weighted by Gasteiger charge is -2.33. The molecule has 1 unspecified atom stereocenters. The monoisotopic (exact) mass is 337 g/mol. The van der Waals surface area contributed by atoms with Crippen molar-refractivity contribution in [1.29, 1.82) is 0 Å². The molecular weight excluding hydrogens is 314 g/mol. The Balaban J connectivity index is 1.40. The molecule has 1 aliphatic rings. The summed E-state index contributed by atoms with van der Waals surface area (Å²) in [6, 6.07) is 7.95. The number of benzene rings is 1. The molecule has 1 aliphatic heterocycles. The number of aromatic nitrogens is 4. The molecule has 0 saturated carbocycles. The number of rotatable bonds is 4. The zero-order valence-corrected chi connectivity index (χ0v) is 14.5. The van der Waals surface area contributed by atoms with E-state index in [9.17, 15) is 4.79 Å². The molecule has 3 aromatic rings. The lowest BCUT2D eigenvalue weighted by Crippen LogP contribution is -2.42. The molecule has 1 fully saturated rings. The largest absolute Gasteiger partial charge is 0.341 e. The van der Waals surface area contributed by atoms with E-state index in [0.29, 0.717) is 12.5 Å². The second-order valence-electron chi connectivity index (χ2n) is 6.86. The number of piperidine rings is 1. The summed E-state index contributed by atoms with van der Waals surface area (Å²) in [6.07, 6.45) is 8.02. The third-order valence-electron chi connectivity index (χ3n) is 5.01. The van der Waals surface area contributed by atoms with Crippen molar-refractivity contribution >= 4 is 16.8 Å². The van der Waals surface area contributed by atoms with Crippen molar-refractivity contribution < 1.29 is 4.79 Å². The Kier molecular flexibility index (Phi) is 4.26. The average Bonchev–Trinajstić information content (AvgIpc) is 3.21. The highest BCUT2D eigenvalue weighted by atomic mass is 16.2. The van der Waals surface area contributed by atoms with Crippen LogP contribution < -0.4 is 0 Å². The molecule has 25 heavy (non-hydrogen) atoms. The maximum absolute atomic E-state index is 12.7. The van der Waals surface area contributed by atoms with Crippen LogP contribution >= 0.6 is 0 Å². The lowest BCUT2D eigenvalue weighted by molar-refractivity contribution is -0.133. The topological polar surface area (TPSA) is 56.0 Å². The van der Waals surface area contributed by atoms with Gasteiger partial charge in [0, 0.05) is 43.6 Å². The molecule has 4 rings (SSSR count). The Hall–Kier alpha value is -2.63. The number of fused-ring (bicyclic) bond motifs is 1. The number of nitrogens with zero attached hydrogens (tertiary/aromatic N) is 5. The highest BCUT2D eigenvalue weighted by Crippen LogP contribution is 2.19. The third kappa shape index (κ3) is 3.43. The molecule has 0 N–H and O–H groups in total. The van der Waals surface area contributed by atoms with Gasteiger partial charge in [-0.15, -0.1) is 0 Å². The van der Waals surface area contributed by atoms with Gasteiger partial charge < -0.3 is 9.47 Å². The van der Waals surface area contributed by atoms with Gasteiger partial charge in [-0.05, 0) is 31.7 Å². The van der Waals surface area contributed by atoms with E-state index in [-0.39, 0.29) is 5.91 Å². The van der Waals surface area contributed by atoms with Crippen LogP contribution in [0, 0.1) is 12.8 Å². The molecule has 6 nitrogen and oxygen atoms in total. The molecule has 1 atom stereocenters. The molecule has 6 heteroatoms. The molecule has 1 aromatic carbocycles. The van der Waals surface area contributed by atoms with E-state index >= 15 is 0 Å². The second-order valence-corrected chi connectivity index (χ2v) is 6.86. The molecule has 0 aliphatic carbocycles. The van der Waals surface area contributed by atoms with Gasteiger partial charge in [-0.2, -0.15) is 5.10 Å². The van der Waals surface area contributed by atoms with E-state index in [1.54, 1.807) is 4.68 Å². The molecule has 2 aromatic heterocycles. The molecule has 0 spiro atoms. The van der Waals surface area contributed by atoms with E-state index in [4.69, 9.17) is 0 Å². The zero-order chi connectivity index (χ0) is 17.2.